The molecule has 0 spiro atoms. The Labute approximate surface area is 182 Å². The lowest BCUT2D eigenvalue weighted by atomic mass is 9.99. The van der Waals surface area contributed by atoms with Gasteiger partial charge in [-0.2, -0.15) is 5.10 Å². The summed E-state index contributed by atoms with van der Waals surface area (Å²) in [4.78, 5) is 47.4. The SMILES string of the molecule is CN1C(=O)C(=O)C(C(=O)NCc2ccc(F)cc2-n2cncn2)N=C1C1(C)CCCS1. The lowest BCUT2D eigenvalue weighted by Crippen LogP contribution is -2.56. The average Bonchev–Trinajstić information content (AvgIpc) is 3.43. The second-order valence-corrected chi connectivity index (χ2v) is 9.20. The number of likely N-dealkylation sites (N-methyl/N-ethyl adjacent to an activating group) is 1. The molecule has 1 aromatic heterocycles. The molecule has 0 radical (unpaired) electrons. The number of aliphatic imine (C=N–C) groups is 1. The van der Waals surface area contributed by atoms with Gasteiger partial charge in [-0.25, -0.2) is 19.0 Å². The number of hydrogen-bond donors (Lipinski definition) is 1. The third-order valence-electron chi connectivity index (χ3n) is 5.44. The summed E-state index contributed by atoms with van der Waals surface area (Å²) in [6.45, 7) is 1.97. The van der Waals surface area contributed by atoms with Crippen LogP contribution in [-0.4, -0.2) is 66.7 Å². The molecule has 31 heavy (non-hydrogen) atoms. The standard InChI is InChI=1S/C20H21FN6O3S/c1-20(6-3-7-31-20)19-25-15(16(28)18(30)26(19)2)17(29)23-9-12-4-5-13(21)8-14(12)27-11-22-10-24-27/h4-5,8,10-11,15H,3,6-7,9H2,1-2H3,(H,23,29). The van der Waals surface area contributed by atoms with Crippen LogP contribution < -0.4 is 5.32 Å². The van der Waals surface area contributed by atoms with Gasteiger partial charge >= 0.3 is 0 Å². The molecule has 9 nitrogen and oxygen atoms in total. The summed E-state index contributed by atoms with van der Waals surface area (Å²) in [5.74, 6) is -1.38. The number of carbonyl (C=O) groups excluding carboxylic acids is 3. The van der Waals surface area contributed by atoms with Gasteiger partial charge in [0.05, 0.1) is 10.4 Å². The molecule has 0 saturated carbocycles. The largest absolute Gasteiger partial charge is 0.350 e. The van der Waals surface area contributed by atoms with Gasteiger partial charge in [0.15, 0.2) is 6.04 Å². The monoisotopic (exact) mass is 444 g/mol. The van der Waals surface area contributed by atoms with Crippen molar-refractivity contribution < 1.29 is 18.8 Å². The van der Waals surface area contributed by atoms with Crippen molar-refractivity contribution in [3.8, 4) is 5.69 Å². The quantitative estimate of drug-likeness (QED) is 0.547. The van der Waals surface area contributed by atoms with E-state index in [4.69, 9.17) is 0 Å². The summed E-state index contributed by atoms with van der Waals surface area (Å²) >= 11 is 1.67. The Bertz CT molecular complexity index is 1060. The zero-order chi connectivity index (χ0) is 22.2. The Hall–Kier alpha value is -3.08. The summed E-state index contributed by atoms with van der Waals surface area (Å²) in [7, 11) is 1.51. The van der Waals surface area contributed by atoms with Crippen LogP contribution in [0, 0.1) is 5.82 Å². The molecule has 2 aromatic rings. The number of halogens is 1. The van der Waals surface area contributed by atoms with Crippen LogP contribution in [0.2, 0.25) is 0 Å². The van der Waals surface area contributed by atoms with Gasteiger partial charge in [-0.3, -0.25) is 19.3 Å². The molecule has 1 N–H and O–H groups in total. The van der Waals surface area contributed by atoms with Gasteiger partial charge < -0.3 is 5.32 Å². The normalized spacial score (nSPS) is 23.8. The maximum absolute atomic E-state index is 13.7. The van der Waals surface area contributed by atoms with Crippen LogP contribution >= 0.6 is 11.8 Å². The van der Waals surface area contributed by atoms with E-state index in [0.717, 1.165) is 18.6 Å². The molecule has 0 bridgehead atoms. The van der Waals surface area contributed by atoms with Crippen LogP contribution in [0.5, 0.6) is 0 Å². The lowest BCUT2D eigenvalue weighted by Gasteiger charge is -2.35. The van der Waals surface area contributed by atoms with Gasteiger partial charge in [0.25, 0.3) is 17.6 Å². The number of nitrogens with zero attached hydrogens (tertiary/aromatic N) is 5. The molecule has 2 unspecified atom stereocenters. The minimum Gasteiger partial charge on any atom is -0.350 e. The average molecular weight is 444 g/mol. The van der Waals surface area contributed by atoms with E-state index in [1.807, 2.05) is 6.92 Å². The number of carbonyl (C=O) groups is 3. The topological polar surface area (TPSA) is 110 Å². The first-order valence-corrected chi connectivity index (χ1v) is 10.7. The van der Waals surface area contributed by atoms with E-state index in [2.05, 4.69) is 20.4 Å². The molecule has 2 amide bonds. The molecule has 2 aliphatic heterocycles. The summed E-state index contributed by atoms with van der Waals surface area (Å²) in [5, 5.41) is 6.65. The molecule has 0 aliphatic carbocycles. The number of Topliss-reactive ketones (excluding diaryl/α,β-unsaturated/α-hetero) is 1. The van der Waals surface area contributed by atoms with E-state index in [1.54, 1.807) is 11.8 Å². The summed E-state index contributed by atoms with van der Waals surface area (Å²) in [5.41, 5.74) is 0.970. The highest BCUT2D eigenvalue weighted by Gasteiger charge is 2.46. The van der Waals surface area contributed by atoms with E-state index in [-0.39, 0.29) is 6.54 Å². The first kappa shape index (κ1) is 21.2. The maximum atomic E-state index is 13.7. The number of hydrogen-bond acceptors (Lipinski definition) is 7. The molecule has 1 saturated heterocycles. The molecular formula is C20H21FN6O3S. The molecule has 2 atom stereocenters. The fourth-order valence-electron chi connectivity index (χ4n) is 3.78. The summed E-state index contributed by atoms with van der Waals surface area (Å²) in [6.07, 6.45) is 4.51. The molecular weight excluding hydrogens is 423 g/mol. The van der Waals surface area contributed by atoms with E-state index in [9.17, 15) is 18.8 Å². The van der Waals surface area contributed by atoms with Crippen molar-refractivity contribution in [3.05, 3.63) is 42.2 Å². The smallest absolute Gasteiger partial charge is 0.297 e. The highest BCUT2D eigenvalue weighted by atomic mass is 32.2. The van der Waals surface area contributed by atoms with Crippen LogP contribution in [0.25, 0.3) is 5.69 Å². The van der Waals surface area contributed by atoms with E-state index in [1.165, 1.54) is 47.5 Å². The highest BCUT2D eigenvalue weighted by Crippen LogP contribution is 2.40. The van der Waals surface area contributed by atoms with E-state index < -0.39 is 34.2 Å². The zero-order valence-corrected chi connectivity index (χ0v) is 17.9. The fraction of sp³-hybridized carbons (Fsp3) is 0.400. The first-order chi connectivity index (χ1) is 14.8. The van der Waals surface area contributed by atoms with E-state index >= 15 is 0 Å². The highest BCUT2D eigenvalue weighted by molar-refractivity contribution is 8.01. The second kappa shape index (κ2) is 8.22. The van der Waals surface area contributed by atoms with Gasteiger partial charge in [0.1, 0.15) is 24.3 Å². The Morgan fingerprint density at radius 2 is 2.19 bits per heavy atom. The molecule has 2 aliphatic rings. The molecule has 1 aromatic carbocycles. The van der Waals surface area contributed by atoms with Gasteiger partial charge in [-0.1, -0.05) is 6.07 Å². The van der Waals surface area contributed by atoms with Gasteiger partial charge in [-0.05, 0) is 43.2 Å². The number of nitrogens with one attached hydrogen (secondary N) is 1. The Morgan fingerprint density at radius 1 is 1.39 bits per heavy atom. The minimum absolute atomic E-state index is 0.00100. The number of thioether (sulfide) groups is 1. The number of rotatable bonds is 5. The summed E-state index contributed by atoms with van der Waals surface area (Å²) < 4.78 is 14.7. The predicted molar refractivity (Wildman–Crippen MR) is 112 cm³/mol. The van der Waals surface area contributed by atoms with Gasteiger partial charge in [-0.15, -0.1) is 11.8 Å². The Balaban J connectivity index is 1.57. The number of amidine groups is 1. The third-order valence-corrected chi connectivity index (χ3v) is 6.96. The van der Waals surface area contributed by atoms with Crippen molar-refractivity contribution in [2.45, 2.75) is 37.1 Å². The number of amides is 2. The second-order valence-electron chi connectivity index (χ2n) is 7.60. The van der Waals surface area contributed by atoms with Crippen LogP contribution in [0.4, 0.5) is 4.39 Å². The predicted octanol–water partition coefficient (Wildman–Crippen LogP) is 1.12. The number of aromatic nitrogens is 3. The van der Waals surface area contributed by atoms with Crippen LogP contribution in [0.15, 0.2) is 35.8 Å². The van der Waals surface area contributed by atoms with Crippen LogP contribution in [0.3, 0.4) is 0 Å². The molecule has 11 heteroatoms. The van der Waals surface area contributed by atoms with Crippen LogP contribution in [0.1, 0.15) is 25.3 Å². The molecule has 1 fully saturated rings. The fourth-order valence-corrected chi connectivity index (χ4v) is 5.13. The van der Waals surface area contributed by atoms with Crippen molar-refractivity contribution in [3.63, 3.8) is 0 Å². The Kier molecular flexibility index (Phi) is 5.61. The molecule has 4 rings (SSSR count). The van der Waals surface area contributed by atoms with Gasteiger partial charge in [0, 0.05) is 13.6 Å². The number of ketones is 1. The maximum Gasteiger partial charge on any atom is 0.297 e. The minimum atomic E-state index is -1.44. The number of benzene rings is 1. The summed E-state index contributed by atoms with van der Waals surface area (Å²) in [6, 6.07) is 2.61. The van der Waals surface area contributed by atoms with Crippen molar-refractivity contribution in [2.75, 3.05) is 12.8 Å². The molecule has 162 valence electrons. The lowest BCUT2D eigenvalue weighted by molar-refractivity contribution is -0.145. The van der Waals surface area contributed by atoms with Crippen molar-refractivity contribution in [2.24, 2.45) is 4.99 Å². The first-order valence-electron chi connectivity index (χ1n) is 9.75. The molecule has 3 heterocycles. The van der Waals surface area contributed by atoms with Crippen LogP contribution in [-0.2, 0) is 20.9 Å². The van der Waals surface area contributed by atoms with Gasteiger partial charge in [0.2, 0.25) is 0 Å². The van der Waals surface area contributed by atoms with Crippen molar-refractivity contribution in [1.82, 2.24) is 25.0 Å². The van der Waals surface area contributed by atoms with Crippen molar-refractivity contribution in [1.29, 1.82) is 0 Å². The van der Waals surface area contributed by atoms with E-state index in [0.29, 0.717) is 17.1 Å². The van der Waals surface area contributed by atoms with Crippen molar-refractivity contribution >= 4 is 35.2 Å². The Morgan fingerprint density at radius 3 is 2.87 bits per heavy atom. The zero-order valence-electron chi connectivity index (χ0n) is 17.0. The third kappa shape index (κ3) is 3.97.